The molecule has 1 heterocycles. The minimum atomic E-state index is -1.30. The van der Waals surface area contributed by atoms with Gasteiger partial charge in [0.15, 0.2) is 0 Å². The van der Waals surface area contributed by atoms with Gasteiger partial charge in [-0.05, 0) is 0 Å². The fourth-order valence-corrected chi connectivity index (χ4v) is 5.85. The molecule has 1 saturated heterocycles. The van der Waals surface area contributed by atoms with E-state index in [4.69, 9.17) is 34.4 Å². The zero-order chi connectivity index (χ0) is 42.2. The Morgan fingerprint density at radius 3 is 1.50 bits per heavy atom. The van der Waals surface area contributed by atoms with E-state index in [0.717, 1.165) is 16.3 Å². The van der Waals surface area contributed by atoms with Crippen LogP contribution in [0.2, 0.25) is 0 Å². The third-order valence-electron chi connectivity index (χ3n) is 7.79. The van der Waals surface area contributed by atoms with Crippen molar-refractivity contribution < 1.29 is 66.7 Å². The van der Waals surface area contributed by atoms with Gasteiger partial charge in [0.2, 0.25) is 41.4 Å². The molecule has 1 aliphatic heterocycles. The van der Waals surface area contributed by atoms with Gasteiger partial charge >= 0.3 is 0 Å². The fourth-order valence-electron chi connectivity index (χ4n) is 4.84. The molecule has 2 atom stereocenters. The number of nitrogens with zero attached hydrogens (tertiary/aromatic N) is 1. The smallest absolute Gasteiger partial charge is 0.243 e. The van der Waals surface area contributed by atoms with E-state index in [2.05, 4.69) is 26.6 Å². The lowest BCUT2D eigenvalue weighted by Crippen LogP contribution is -2.59. The monoisotopic (exact) mass is 841 g/mol. The standard InChI is InChI=1S/C34H61N6O14PS/c1-48-18-9-35-28(42)5-15-52-23-34(24-53-16-6-29(43)36-10-19-49-2,25-54-17-7-30(44)37-11-20-50-3)39-31(45)8-14-51-21-12-38-27(41)4-13-40-32(46)22-26(56-55)33(40)47/h26H,4-25,55H2,1-3H3,(H,35,42)(H,36,43)(H,37,44)(H,38,41)(H,39,45)/i55D. The van der Waals surface area contributed by atoms with Crippen molar-refractivity contribution in [3.05, 3.63) is 0 Å². The van der Waals surface area contributed by atoms with Crippen molar-refractivity contribution in [3.63, 3.8) is 0 Å². The summed E-state index contributed by atoms with van der Waals surface area (Å²) in [5.74, 6) is -2.35. The number of carbonyl (C=O) groups excluding carboxylic acids is 7. The molecule has 0 aromatic rings. The zero-order valence-corrected chi connectivity index (χ0v) is 34.5. The molecule has 1 fully saturated rings. The molecule has 22 heteroatoms. The average Bonchev–Trinajstić information content (AvgIpc) is 3.45. The van der Waals surface area contributed by atoms with Gasteiger partial charge in [0.05, 0.1) is 79.2 Å². The van der Waals surface area contributed by atoms with E-state index < -0.39 is 16.7 Å². The first-order valence-electron chi connectivity index (χ1n) is 18.8. The molecule has 0 bridgehead atoms. The first-order valence-corrected chi connectivity index (χ1v) is 20.4. The molecular weight excluding hydrogens is 779 g/mol. The quantitative estimate of drug-likeness (QED) is 0.0258. The van der Waals surface area contributed by atoms with Gasteiger partial charge in [-0.2, -0.15) is 0 Å². The topological polar surface area (TPSA) is 247 Å². The number of likely N-dealkylation sites (tertiary alicyclic amines) is 1. The second-order valence-electron chi connectivity index (χ2n) is 12.4. The maximum absolute atomic E-state index is 13.3. The summed E-state index contributed by atoms with van der Waals surface area (Å²) in [7, 11) is 4.29. The van der Waals surface area contributed by atoms with Crippen LogP contribution in [0.5, 0.6) is 0 Å². The van der Waals surface area contributed by atoms with Gasteiger partial charge in [-0.15, -0.1) is 11.4 Å². The van der Waals surface area contributed by atoms with Crippen LogP contribution in [0.3, 0.4) is 0 Å². The van der Waals surface area contributed by atoms with Crippen molar-refractivity contribution in [2.45, 2.75) is 49.3 Å². The van der Waals surface area contributed by atoms with Crippen LogP contribution < -0.4 is 26.6 Å². The maximum atomic E-state index is 13.3. The maximum Gasteiger partial charge on any atom is 0.243 e. The molecule has 1 aliphatic rings. The van der Waals surface area contributed by atoms with Gasteiger partial charge in [-0.25, -0.2) is 0 Å². The summed E-state index contributed by atoms with van der Waals surface area (Å²) in [4.78, 5) is 87.7. The van der Waals surface area contributed by atoms with Crippen LogP contribution in [0, 0.1) is 0 Å². The zero-order valence-electron chi connectivity index (χ0n) is 33.7. The van der Waals surface area contributed by atoms with E-state index >= 15 is 0 Å². The molecule has 7 amide bonds. The molecule has 322 valence electrons. The number of imide groups is 1. The highest BCUT2D eigenvalue weighted by molar-refractivity contribution is 8.44. The Morgan fingerprint density at radius 1 is 0.643 bits per heavy atom. The molecule has 0 aliphatic carbocycles. The van der Waals surface area contributed by atoms with Crippen molar-refractivity contribution >= 4 is 61.1 Å². The molecular formula is C34H61N6O14PS. The molecule has 20 nitrogen and oxygen atoms in total. The van der Waals surface area contributed by atoms with Gasteiger partial charge in [-0.3, -0.25) is 38.5 Å². The summed E-state index contributed by atoms with van der Waals surface area (Å²) in [6.45, 7) is 1.78. The summed E-state index contributed by atoms with van der Waals surface area (Å²) in [6, 6.07) is 0. The SMILES string of the molecule is [2H]PSC1CC(=O)N(CCC(=O)NCCOCCC(=O)NC(COCCC(=O)NCCOC)(COCCC(=O)NCCOC)COCCC(=O)NCCOC)C1=O. The third kappa shape index (κ3) is 23.9. The number of methoxy groups -OCH3 is 3. The number of rotatable bonds is 36. The first-order chi connectivity index (χ1) is 27.5. The highest BCUT2D eigenvalue weighted by atomic mass is 32.7. The molecule has 0 saturated carbocycles. The largest absolute Gasteiger partial charge is 0.383 e. The first kappa shape index (κ1) is 49.1. The Morgan fingerprint density at radius 2 is 1.05 bits per heavy atom. The molecule has 5 N–H and O–H groups in total. The summed E-state index contributed by atoms with van der Waals surface area (Å²) >= 11 is 1.11. The summed E-state index contributed by atoms with van der Waals surface area (Å²) in [5, 5.41) is 13.1. The number of nitrogens with one attached hydrogen (secondary N) is 5. The van der Waals surface area contributed by atoms with Crippen molar-refractivity contribution in [2.75, 3.05) is 127 Å². The van der Waals surface area contributed by atoms with Crippen molar-refractivity contribution in [1.82, 2.24) is 31.5 Å². The lowest BCUT2D eigenvalue weighted by Gasteiger charge is -2.34. The summed E-state index contributed by atoms with van der Waals surface area (Å²) in [5.41, 5.74) is -1.30. The highest BCUT2D eigenvalue weighted by Crippen LogP contribution is 2.29. The van der Waals surface area contributed by atoms with Crippen molar-refractivity contribution in [1.29, 1.82) is 1.28 Å². The Hall–Kier alpha value is -3.01. The number of carbonyl (C=O) groups is 7. The van der Waals surface area contributed by atoms with Gasteiger partial charge < -0.3 is 59.7 Å². The predicted molar refractivity (Wildman–Crippen MR) is 207 cm³/mol. The van der Waals surface area contributed by atoms with Crippen LogP contribution in [0.15, 0.2) is 0 Å². The molecule has 0 spiro atoms. The van der Waals surface area contributed by atoms with E-state index in [1.807, 2.05) is 0 Å². The number of hydrogen-bond donors (Lipinski definition) is 5. The Kier molecular flexibility index (Phi) is 28.1. The van der Waals surface area contributed by atoms with Crippen LogP contribution in [0.25, 0.3) is 0 Å². The van der Waals surface area contributed by atoms with E-state index in [9.17, 15) is 33.6 Å². The number of ether oxygens (including phenoxy) is 7. The normalized spacial score (nSPS) is 14.6. The number of amides is 7. The molecule has 1 rings (SSSR count). The molecule has 2 unspecified atom stereocenters. The fraction of sp³-hybridized carbons (Fsp3) is 0.794. The van der Waals surface area contributed by atoms with Gasteiger partial charge in [0.1, 0.15) is 5.54 Å². The van der Waals surface area contributed by atoms with Gasteiger partial charge in [-0.1, -0.05) is 8.39 Å². The van der Waals surface area contributed by atoms with Gasteiger partial charge in [0.25, 0.3) is 0 Å². The van der Waals surface area contributed by atoms with Crippen LogP contribution in [-0.2, 0) is 66.7 Å². The molecule has 56 heavy (non-hydrogen) atoms. The predicted octanol–water partition coefficient (Wildman–Crippen LogP) is -2.09. The third-order valence-corrected chi connectivity index (χ3v) is 9.30. The minimum absolute atomic E-state index is 0.00555. The van der Waals surface area contributed by atoms with Crippen molar-refractivity contribution in [2.24, 2.45) is 0 Å². The number of hydrogen-bond acceptors (Lipinski definition) is 15. The molecule has 0 aromatic heterocycles. The molecule has 0 radical (unpaired) electrons. The average molecular weight is 842 g/mol. The lowest BCUT2D eigenvalue weighted by molar-refractivity contribution is -0.138. The van der Waals surface area contributed by atoms with E-state index in [1.54, 1.807) is 0 Å². The van der Waals surface area contributed by atoms with Gasteiger partial charge in [0, 0.05) is 92.6 Å². The molecule has 0 aromatic carbocycles. The summed E-state index contributed by atoms with van der Waals surface area (Å²) in [6.07, 6.45) is -0.0502. The minimum Gasteiger partial charge on any atom is -0.383 e. The second kappa shape index (κ2) is 32.0. The Labute approximate surface area is 336 Å². The van der Waals surface area contributed by atoms with E-state index in [1.165, 1.54) is 21.3 Å². The van der Waals surface area contributed by atoms with Crippen LogP contribution in [-0.4, -0.2) is 185 Å². The van der Waals surface area contributed by atoms with Crippen molar-refractivity contribution in [3.8, 4) is 0 Å². The van der Waals surface area contributed by atoms with Crippen LogP contribution in [0.1, 0.15) is 38.5 Å². The second-order valence-corrected chi connectivity index (χ2v) is 13.9. The highest BCUT2D eigenvalue weighted by Gasteiger charge is 2.38. The van der Waals surface area contributed by atoms with E-state index in [0.29, 0.717) is 39.5 Å². The summed E-state index contributed by atoms with van der Waals surface area (Å²) < 4.78 is 45.2. The van der Waals surface area contributed by atoms with E-state index in [-0.39, 0.29) is 148 Å². The lowest BCUT2D eigenvalue weighted by atomic mass is 10.0. The van der Waals surface area contributed by atoms with Crippen LogP contribution >= 0.6 is 19.8 Å². The Balaban J connectivity index is 2.78. The van der Waals surface area contributed by atoms with Crippen LogP contribution in [0.4, 0.5) is 0 Å². The Bertz CT molecular complexity index is 1160.